The zero-order chi connectivity index (χ0) is 11.0. The second-order valence-electron chi connectivity index (χ2n) is 4.16. The van der Waals surface area contributed by atoms with E-state index in [2.05, 4.69) is 39.7 Å². The van der Waals surface area contributed by atoms with Crippen LogP contribution in [0.25, 0.3) is 0 Å². The van der Waals surface area contributed by atoms with Crippen LogP contribution in [0.2, 0.25) is 0 Å². The van der Waals surface area contributed by atoms with Gasteiger partial charge in [0.25, 0.3) is 0 Å². The number of aryl methyl sites for hydroxylation is 1. The molecule has 1 aliphatic rings. The molecule has 0 saturated carbocycles. The second kappa shape index (κ2) is 3.72. The third-order valence-electron chi connectivity index (χ3n) is 3.02. The fourth-order valence-electron chi connectivity index (χ4n) is 2.24. The van der Waals surface area contributed by atoms with E-state index in [-0.39, 0.29) is 5.92 Å². The van der Waals surface area contributed by atoms with Crippen LogP contribution in [0.5, 0.6) is 0 Å². The van der Waals surface area contributed by atoms with Gasteiger partial charge in [-0.1, -0.05) is 24.3 Å². The summed E-state index contributed by atoms with van der Waals surface area (Å²) in [6.07, 6.45) is 1.76. The standard InChI is InChI=1S/C12H14N4/c1-16-8-14-12(15-16)11-7-13-6-9-4-2-3-5-10(9)11/h2-5,8,11,13H,6-7H2,1H3. The molecule has 82 valence electrons. The molecule has 1 atom stereocenters. The monoisotopic (exact) mass is 214 g/mol. The quantitative estimate of drug-likeness (QED) is 0.771. The summed E-state index contributed by atoms with van der Waals surface area (Å²) < 4.78 is 1.76. The van der Waals surface area contributed by atoms with Crippen LogP contribution in [0, 0.1) is 0 Å². The molecule has 0 saturated heterocycles. The molecule has 16 heavy (non-hydrogen) atoms. The highest BCUT2D eigenvalue weighted by atomic mass is 15.3. The predicted octanol–water partition coefficient (Wildman–Crippen LogP) is 1.05. The van der Waals surface area contributed by atoms with Gasteiger partial charge < -0.3 is 5.32 Å². The second-order valence-corrected chi connectivity index (χ2v) is 4.16. The summed E-state index contributed by atoms with van der Waals surface area (Å²) in [5.74, 6) is 1.19. The molecule has 1 N–H and O–H groups in total. The lowest BCUT2D eigenvalue weighted by molar-refractivity contribution is 0.568. The summed E-state index contributed by atoms with van der Waals surface area (Å²) >= 11 is 0. The van der Waals surface area contributed by atoms with Crippen LogP contribution in [-0.4, -0.2) is 21.3 Å². The van der Waals surface area contributed by atoms with E-state index in [0.717, 1.165) is 18.9 Å². The minimum atomic E-state index is 0.283. The third-order valence-corrected chi connectivity index (χ3v) is 3.02. The van der Waals surface area contributed by atoms with Crippen molar-refractivity contribution in [3.8, 4) is 0 Å². The lowest BCUT2D eigenvalue weighted by atomic mass is 9.90. The number of fused-ring (bicyclic) bond motifs is 1. The Balaban J connectivity index is 2.04. The highest BCUT2D eigenvalue weighted by Crippen LogP contribution is 2.27. The predicted molar refractivity (Wildman–Crippen MR) is 61.0 cm³/mol. The number of nitrogens with zero attached hydrogens (tertiary/aromatic N) is 3. The van der Waals surface area contributed by atoms with E-state index in [9.17, 15) is 0 Å². The van der Waals surface area contributed by atoms with Crippen molar-refractivity contribution in [3.63, 3.8) is 0 Å². The SMILES string of the molecule is Cn1cnc(C2CNCc3ccccc32)n1. The van der Waals surface area contributed by atoms with E-state index >= 15 is 0 Å². The van der Waals surface area contributed by atoms with Crippen LogP contribution in [0.15, 0.2) is 30.6 Å². The Bertz CT molecular complexity index is 503. The molecule has 1 aliphatic heterocycles. The van der Waals surface area contributed by atoms with Gasteiger partial charge in [-0.15, -0.1) is 0 Å². The van der Waals surface area contributed by atoms with Crippen molar-refractivity contribution in [2.45, 2.75) is 12.5 Å². The normalized spacial score (nSPS) is 19.4. The summed E-state index contributed by atoms with van der Waals surface area (Å²) in [4.78, 5) is 4.35. The number of nitrogens with one attached hydrogen (secondary N) is 1. The number of hydrogen-bond acceptors (Lipinski definition) is 3. The zero-order valence-electron chi connectivity index (χ0n) is 9.22. The molecule has 0 radical (unpaired) electrons. The van der Waals surface area contributed by atoms with Crippen molar-refractivity contribution in [1.82, 2.24) is 20.1 Å². The zero-order valence-corrected chi connectivity index (χ0v) is 9.22. The van der Waals surface area contributed by atoms with Crippen LogP contribution in [-0.2, 0) is 13.6 Å². The first-order valence-corrected chi connectivity index (χ1v) is 5.48. The van der Waals surface area contributed by atoms with Crippen LogP contribution in [0.3, 0.4) is 0 Å². The maximum atomic E-state index is 4.40. The van der Waals surface area contributed by atoms with Gasteiger partial charge in [-0.3, -0.25) is 4.68 Å². The molecule has 0 bridgehead atoms. The van der Waals surface area contributed by atoms with Gasteiger partial charge in [-0.25, -0.2) is 4.98 Å². The highest BCUT2D eigenvalue weighted by molar-refractivity contribution is 5.36. The fraction of sp³-hybridized carbons (Fsp3) is 0.333. The minimum absolute atomic E-state index is 0.283. The van der Waals surface area contributed by atoms with Crippen molar-refractivity contribution in [3.05, 3.63) is 47.5 Å². The number of benzene rings is 1. The largest absolute Gasteiger partial charge is 0.312 e. The van der Waals surface area contributed by atoms with E-state index in [1.807, 2.05) is 7.05 Å². The summed E-state index contributed by atoms with van der Waals surface area (Å²) in [6.45, 7) is 1.86. The van der Waals surface area contributed by atoms with Crippen molar-refractivity contribution in [2.75, 3.05) is 6.54 Å². The Morgan fingerprint density at radius 3 is 3.06 bits per heavy atom. The molecule has 4 heteroatoms. The maximum absolute atomic E-state index is 4.40. The first kappa shape index (κ1) is 9.54. The maximum Gasteiger partial charge on any atom is 0.159 e. The lowest BCUT2D eigenvalue weighted by Crippen LogP contribution is -2.29. The van der Waals surface area contributed by atoms with Gasteiger partial charge in [0, 0.05) is 20.1 Å². The molecular formula is C12H14N4. The molecular weight excluding hydrogens is 200 g/mol. The van der Waals surface area contributed by atoms with E-state index in [1.54, 1.807) is 11.0 Å². The topological polar surface area (TPSA) is 42.7 Å². The van der Waals surface area contributed by atoms with E-state index in [1.165, 1.54) is 11.1 Å². The van der Waals surface area contributed by atoms with Gasteiger partial charge in [-0.2, -0.15) is 5.10 Å². The Hall–Kier alpha value is -1.68. The lowest BCUT2D eigenvalue weighted by Gasteiger charge is -2.24. The van der Waals surface area contributed by atoms with Crippen LogP contribution >= 0.6 is 0 Å². The number of rotatable bonds is 1. The Kier molecular flexibility index (Phi) is 2.22. The summed E-state index contributed by atoms with van der Waals surface area (Å²) in [7, 11) is 1.90. The van der Waals surface area contributed by atoms with Crippen molar-refractivity contribution in [2.24, 2.45) is 7.05 Å². The van der Waals surface area contributed by atoms with Crippen molar-refractivity contribution < 1.29 is 0 Å². The molecule has 0 fully saturated rings. The average molecular weight is 214 g/mol. The van der Waals surface area contributed by atoms with Gasteiger partial charge in [-0.05, 0) is 11.1 Å². The smallest absolute Gasteiger partial charge is 0.159 e. The molecule has 3 rings (SSSR count). The van der Waals surface area contributed by atoms with Crippen molar-refractivity contribution >= 4 is 0 Å². The highest BCUT2D eigenvalue weighted by Gasteiger charge is 2.23. The van der Waals surface area contributed by atoms with Gasteiger partial charge in [0.05, 0.1) is 5.92 Å². The Morgan fingerprint density at radius 1 is 1.38 bits per heavy atom. The van der Waals surface area contributed by atoms with E-state index in [0.29, 0.717) is 0 Å². The molecule has 1 aromatic heterocycles. The first-order valence-electron chi connectivity index (χ1n) is 5.48. The third kappa shape index (κ3) is 1.51. The number of hydrogen-bond donors (Lipinski definition) is 1. The van der Waals surface area contributed by atoms with Gasteiger partial charge >= 0.3 is 0 Å². The average Bonchev–Trinajstić information content (AvgIpc) is 2.75. The molecule has 1 unspecified atom stereocenters. The van der Waals surface area contributed by atoms with E-state index in [4.69, 9.17) is 0 Å². The Labute approximate surface area is 94.3 Å². The Morgan fingerprint density at radius 2 is 2.25 bits per heavy atom. The van der Waals surface area contributed by atoms with E-state index < -0.39 is 0 Å². The fourth-order valence-corrected chi connectivity index (χ4v) is 2.24. The molecule has 0 aliphatic carbocycles. The van der Waals surface area contributed by atoms with Crippen LogP contribution in [0.1, 0.15) is 22.9 Å². The molecule has 4 nitrogen and oxygen atoms in total. The first-order chi connectivity index (χ1) is 7.84. The van der Waals surface area contributed by atoms with Crippen LogP contribution < -0.4 is 5.32 Å². The van der Waals surface area contributed by atoms with Gasteiger partial charge in [0.2, 0.25) is 0 Å². The molecule has 2 heterocycles. The minimum Gasteiger partial charge on any atom is -0.312 e. The summed E-state index contributed by atoms with van der Waals surface area (Å²) in [6, 6.07) is 8.50. The molecule has 0 amide bonds. The summed E-state index contributed by atoms with van der Waals surface area (Å²) in [5, 5.41) is 7.81. The van der Waals surface area contributed by atoms with Gasteiger partial charge in [0.15, 0.2) is 5.82 Å². The molecule has 2 aromatic rings. The van der Waals surface area contributed by atoms with Gasteiger partial charge in [0.1, 0.15) is 6.33 Å². The molecule has 1 aromatic carbocycles. The number of aromatic nitrogens is 3. The molecule has 0 spiro atoms. The van der Waals surface area contributed by atoms with Crippen molar-refractivity contribution in [1.29, 1.82) is 0 Å². The summed E-state index contributed by atoms with van der Waals surface area (Å²) in [5.41, 5.74) is 2.71. The van der Waals surface area contributed by atoms with Crippen LogP contribution in [0.4, 0.5) is 0 Å².